The van der Waals surface area contributed by atoms with Gasteiger partial charge in [0.25, 0.3) is 0 Å². The highest BCUT2D eigenvalue weighted by Crippen LogP contribution is 2.48. The maximum absolute atomic E-state index is 12.8. The molecule has 2 bridgehead atoms. The average Bonchev–Trinajstić information content (AvgIpc) is 3.10. The summed E-state index contributed by atoms with van der Waals surface area (Å²) in [5.74, 6) is 3.63. The van der Waals surface area contributed by atoms with Crippen LogP contribution in [-0.4, -0.2) is 29.6 Å². The van der Waals surface area contributed by atoms with Crippen LogP contribution in [0.15, 0.2) is 0 Å². The van der Waals surface area contributed by atoms with Gasteiger partial charge in [0.2, 0.25) is 5.91 Å². The molecule has 1 aliphatic heterocycles. The second-order valence-corrected chi connectivity index (χ2v) is 8.08. The second kappa shape index (κ2) is 6.28. The molecule has 2 aliphatic carbocycles. The topological polar surface area (TPSA) is 32.3 Å². The lowest BCUT2D eigenvalue weighted by Crippen LogP contribution is -2.41. The minimum Gasteiger partial charge on any atom is -0.326 e. The first kappa shape index (κ1) is 15.3. The zero-order chi connectivity index (χ0) is 15.0. The van der Waals surface area contributed by atoms with Crippen molar-refractivity contribution in [2.24, 2.45) is 23.7 Å². The van der Waals surface area contributed by atoms with Crippen LogP contribution >= 0.6 is 0 Å². The van der Waals surface area contributed by atoms with Gasteiger partial charge < -0.3 is 4.90 Å². The van der Waals surface area contributed by atoms with E-state index in [4.69, 9.17) is 0 Å². The van der Waals surface area contributed by atoms with Gasteiger partial charge in [0, 0.05) is 6.54 Å². The highest BCUT2D eigenvalue weighted by Gasteiger charge is 2.44. The molecule has 3 rings (SSSR count). The molecule has 0 aromatic rings. The Morgan fingerprint density at radius 1 is 1.29 bits per heavy atom. The molecule has 5 atom stereocenters. The van der Waals surface area contributed by atoms with Crippen LogP contribution in [0.5, 0.6) is 0 Å². The van der Waals surface area contributed by atoms with Gasteiger partial charge in [0.1, 0.15) is 0 Å². The number of nitrogens with one attached hydrogen (secondary N) is 1. The van der Waals surface area contributed by atoms with Crippen molar-refractivity contribution in [3.8, 4) is 0 Å². The summed E-state index contributed by atoms with van der Waals surface area (Å²) in [7, 11) is 0. The molecule has 1 N–H and O–H groups in total. The molecule has 0 aromatic heterocycles. The third kappa shape index (κ3) is 3.13. The SMILES string of the molecule is CCCC1NC(CC(C)C)C(=O)N1CC1CC2CCC1C2. The Balaban J connectivity index is 1.64. The van der Waals surface area contributed by atoms with E-state index in [0.29, 0.717) is 18.0 Å². The molecule has 0 radical (unpaired) electrons. The molecule has 1 saturated heterocycles. The molecule has 5 unspecified atom stereocenters. The van der Waals surface area contributed by atoms with E-state index in [1.165, 1.54) is 25.7 Å². The molecule has 0 aromatic carbocycles. The number of nitrogens with zero attached hydrogens (tertiary/aromatic N) is 1. The molecular weight excluding hydrogens is 260 g/mol. The number of rotatable bonds is 6. The molecule has 3 heteroatoms. The fourth-order valence-electron chi connectivity index (χ4n) is 4.97. The zero-order valence-electron chi connectivity index (χ0n) is 14.0. The van der Waals surface area contributed by atoms with Crippen molar-refractivity contribution in [3.63, 3.8) is 0 Å². The quantitative estimate of drug-likeness (QED) is 0.814. The van der Waals surface area contributed by atoms with Gasteiger partial charge in [-0.05, 0) is 55.8 Å². The maximum Gasteiger partial charge on any atom is 0.241 e. The van der Waals surface area contributed by atoms with Gasteiger partial charge in [-0.2, -0.15) is 0 Å². The first-order chi connectivity index (χ1) is 10.1. The lowest BCUT2D eigenvalue weighted by atomic mass is 9.88. The van der Waals surface area contributed by atoms with Crippen LogP contribution in [0.1, 0.15) is 65.7 Å². The Hall–Kier alpha value is -0.570. The van der Waals surface area contributed by atoms with E-state index in [-0.39, 0.29) is 6.04 Å². The smallest absolute Gasteiger partial charge is 0.241 e. The Bertz CT molecular complexity index is 381. The molecule has 1 heterocycles. The minimum atomic E-state index is 0.0696. The molecule has 0 spiro atoms. The first-order valence-corrected chi connectivity index (χ1v) is 9.15. The number of amides is 1. The molecule has 120 valence electrons. The van der Waals surface area contributed by atoms with E-state index in [1.807, 2.05) is 0 Å². The summed E-state index contributed by atoms with van der Waals surface area (Å²) < 4.78 is 0. The van der Waals surface area contributed by atoms with Crippen LogP contribution in [-0.2, 0) is 4.79 Å². The van der Waals surface area contributed by atoms with E-state index in [1.54, 1.807) is 0 Å². The summed E-state index contributed by atoms with van der Waals surface area (Å²) in [6.45, 7) is 7.66. The number of hydrogen-bond acceptors (Lipinski definition) is 2. The van der Waals surface area contributed by atoms with Gasteiger partial charge in [-0.25, -0.2) is 0 Å². The van der Waals surface area contributed by atoms with Crippen molar-refractivity contribution in [1.82, 2.24) is 10.2 Å². The van der Waals surface area contributed by atoms with Gasteiger partial charge in [-0.15, -0.1) is 0 Å². The number of carbonyl (C=O) groups is 1. The van der Waals surface area contributed by atoms with E-state index in [9.17, 15) is 4.79 Å². The molecular formula is C18H32N2O. The Morgan fingerprint density at radius 3 is 2.67 bits per heavy atom. The number of hydrogen-bond donors (Lipinski definition) is 1. The molecule has 1 amide bonds. The van der Waals surface area contributed by atoms with E-state index in [0.717, 1.165) is 43.6 Å². The van der Waals surface area contributed by atoms with Crippen LogP contribution in [0.3, 0.4) is 0 Å². The Kier molecular flexibility index (Phi) is 4.58. The average molecular weight is 292 g/mol. The summed E-state index contributed by atoms with van der Waals surface area (Å²) in [5, 5.41) is 3.62. The summed E-state index contributed by atoms with van der Waals surface area (Å²) in [6.07, 6.45) is 9.20. The van der Waals surface area contributed by atoms with Gasteiger partial charge >= 0.3 is 0 Å². The summed E-state index contributed by atoms with van der Waals surface area (Å²) in [4.78, 5) is 15.0. The van der Waals surface area contributed by atoms with Crippen molar-refractivity contribution in [3.05, 3.63) is 0 Å². The Labute approximate surface area is 129 Å². The van der Waals surface area contributed by atoms with Crippen LogP contribution in [0.25, 0.3) is 0 Å². The van der Waals surface area contributed by atoms with Crippen LogP contribution in [0.4, 0.5) is 0 Å². The highest BCUT2D eigenvalue weighted by atomic mass is 16.2. The lowest BCUT2D eigenvalue weighted by molar-refractivity contribution is -0.131. The van der Waals surface area contributed by atoms with Gasteiger partial charge in [0.15, 0.2) is 0 Å². The predicted octanol–water partition coefficient (Wildman–Crippen LogP) is 3.40. The second-order valence-electron chi connectivity index (χ2n) is 8.08. The van der Waals surface area contributed by atoms with E-state index >= 15 is 0 Å². The Morgan fingerprint density at radius 2 is 2.10 bits per heavy atom. The van der Waals surface area contributed by atoms with Gasteiger partial charge in [0.05, 0.1) is 12.2 Å². The number of carbonyl (C=O) groups excluding carboxylic acids is 1. The fourth-order valence-corrected chi connectivity index (χ4v) is 4.97. The monoisotopic (exact) mass is 292 g/mol. The van der Waals surface area contributed by atoms with E-state index < -0.39 is 0 Å². The van der Waals surface area contributed by atoms with Crippen molar-refractivity contribution >= 4 is 5.91 Å². The van der Waals surface area contributed by atoms with Crippen LogP contribution in [0, 0.1) is 23.7 Å². The van der Waals surface area contributed by atoms with E-state index in [2.05, 4.69) is 31.0 Å². The van der Waals surface area contributed by atoms with Crippen molar-refractivity contribution in [2.45, 2.75) is 77.9 Å². The summed E-state index contributed by atoms with van der Waals surface area (Å²) in [6, 6.07) is 0.0696. The van der Waals surface area contributed by atoms with Gasteiger partial charge in [-0.1, -0.05) is 33.6 Å². The third-order valence-electron chi connectivity index (χ3n) is 5.94. The van der Waals surface area contributed by atoms with Crippen LogP contribution < -0.4 is 5.32 Å². The molecule has 3 fully saturated rings. The largest absolute Gasteiger partial charge is 0.326 e. The summed E-state index contributed by atoms with van der Waals surface area (Å²) in [5.41, 5.74) is 0. The van der Waals surface area contributed by atoms with Crippen molar-refractivity contribution < 1.29 is 4.79 Å². The van der Waals surface area contributed by atoms with Crippen LogP contribution in [0.2, 0.25) is 0 Å². The van der Waals surface area contributed by atoms with Crippen molar-refractivity contribution in [1.29, 1.82) is 0 Å². The lowest BCUT2D eigenvalue weighted by Gasteiger charge is -2.30. The molecule has 21 heavy (non-hydrogen) atoms. The summed E-state index contributed by atoms with van der Waals surface area (Å²) >= 11 is 0. The predicted molar refractivity (Wildman–Crippen MR) is 85.7 cm³/mol. The molecule has 3 aliphatic rings. The van der Waals surface area contributed by atoms with Gasteiger partial charge in [-0.3, -0.25) is 10.1 Å². The zero-order valence-corrected chi connectivity index (χ0v) is 14.0. The normalized spacial score (nSPS) is 39.0. The fraction of sp³-hybridized carbons (Fsp3) is 0.944. The van der Waals surface area contributed by atoms with Crippen molar-refractivity contribution in [2.75, 3.05) is 6.54 Å². The third-order valence-corrected chi connectivity index (χ3v) is 5.94. The molecule has 2 saturated carbocycles. The minimum absolute atomic E-state index is 0.0696. The maximum atomic E-state index is 12.8. The standard InChI is InChI=1S/C18H32N2O/c1-4-5-17-19-16(8-12(2)3)18(21)20(17)11-15-10-13-6-7-14(15)9-13/h12-17,19H,4-11H2,1-3H3. The highest BCUT2D eigenvalue weighted by molar-refractivity contribution is 5.84. The number of fused-ring (bicyclic) bond motifs is 2. The molecule has 3 nitrogen and oxygen atoms in total. The first-order valence-electron chi connectivity index (χ1n) is 9.15.